The van der Waals surface area contributed by atoms with Gasteiger partial charge in [0.2, 0.25) is 5.91 Å². The van der Waals surface area contributed by atoms with Crippen LogP contribution in [-0.4, -0.2) is 12.2 Å². The number of rotatable bonds is 3. The van der Waals surface area contributed by atoms with E-state index in [-0.39, 0.29) is 11.7 Å². The number of amides is 1. The molecule has 2 unspecified atom stereocenters. The summed E-state index contributed by atoms with van der Waals surface area (Å²) in [6.07, 6.45) is 1.86. The molecule has 0 bridgehead atoms. The summed E-state index contributed by atoms with van der Waals surface area (Å²) in [5.41, 5.74) is 6.92. The van der Waals surface area contributed by atoms with Crippen LogP contribution in [-0.2, 0) is 22.4 Å². The standard InChI is InChI=1S/C13H14FNO2/c1-7(13(15)17)10-3-2-9-4-8(6-16)5-11(9)12(10)14/h2-3,6-8H,4-5H2,1H3,(H2,15,17). The quantitative estimate of drug-likeness (QED) is 0.803. The van der Waals surface area contributed by atoms with Gasteiger partial charge in [0, 0.05) is 11.5 Å². The monoisotopic (exact) mass is 235 g/mol. The van der Waals surface area contributed by atoms with Crippen molar-refractivity contribution in [3.8, 4) is 0 Å². The summed E-state index contributed by atoms with van der Waals surface area (Å²) in [4.78, 5) is 21.8. The zero-order valence-corrected chi connectivity index (χ0v) is 9.57. The van der Waals surface area contributed by atoms with Crippen LogP contribution in [0, 0.1) is 11.7 Å². The highest BCUT2D eigenvalue weighted by molar-refractivity contribution is 5.81. The predicted octanol–water partition coefficient (Wildman–Crippen LogP) is 1.33. The Morgan fingerprint density at radius 3 is 2.82 bits per heavy atom. The van der Waals surface area contributed by atoms with E-state index in [4.69, 9.17) is 5.73 Å². The van der Waals surface area contributed by atoms with Crippen molar-refractivity contribution in [1.82, 2.24) is 0 Å². The van der Waals surface area contributed by atoms with Crippen LogP contribution in [0.5, 0.6) is 0 Å². The van der Waals surface area contributed by atoms with Crippen molar-refractivity contribution in [3.05, 3.63) is 34.6 Å². The Morgan fingerprint density at radius 1 is 1.53 bits per heavy atom. The maximum atomic E-state index is 14.2. The van der Waals surface area contributed by atoms with E-state index in [9.17, 15) is 14.0 Å². The average Bonchev–Trinajstić information content (AvgIpc) is 2.72. The second-order valence-electron chi connectivity index (χ2n) is 4.53. The van der Waals surface area contributed by atoms with Crippen LogP contribution in [0.25, 0.3) is 0 Å². The lowest BCUT2D eigenvalue weighted by atomic mass is 9.95. The van der Waals surface area contributed by atoms with E-state index in [0.717, 1.165) is 11.8 Å². The van der Waals surface area contributed by atoms with Gasteiger partial charge in [0.1, 0.15) is 12.1 Å². The number of benzene rings is 1. The molecule has 1 aromatic carbocycles. The molecule has 0 fully saturated rings. The van der Waals surface area contributed by atoms with Gasteiger partial charge in [-0.05, 0) is 30.9 Å². The first-order valence-corrected chi connectivity index (χ1v) is 5.59. The van der Waals surface area contributed by atoms with Crippen LogP contribution in [0.15, 0.2) is 12.1 Å². The minimum Gasteiger partial charge on any atom is -0.369 e. The molecular weight excluding hydrogens is 221 g/mol. The molecule has 0 heterocycles. The maximum Gasteiger partial charge on any atom is 0.224 e. The van der Waals surface area contributed by atoms with Crippen molar-refractivity contribution in [2.24, 2.45) is 11.7 Å². The van der Waals surface area contributed by atoms with Crippen molar-refractivity contribution in [2.75, 3.05) is 0 Å². The van der Waals surface area contributed by atoms with Gasteiger partial charge in [0.05, 0.1) is 5.92 Å². The van der Waals surface area contributed by atoms with Crippen molar-refractivity contribution < 1.29 is 14.0 Å². The third kappa shape index (κ3) is 1.95. The molecule has 90 valence electrons. The lowest BCUT2D eigenvalue weighted by Crippen LogP contribution is -2.20. The largest absolute Gasteiger partial charge is 0.369 e. The maximum absolute atomic E-state index is 14.2. The Labute approximate surface area is 98.8 Å². The first-order valence-electron chi connectivity index (χ1n) is 5.59. The van der Waals surface area contributed by atoms with Gasteiger partial charge in [-0.1, -0.05) is 12.1 Å². The molecule has 1 aliphatic carbocycles. The Morgan fingerprint density at radius 2 is 2.24 bits per heavy atom. The van der Waals surface area contributed by atoms with Crippen LogP contribution in [0.4, 0.5) is 4.39 Å². The number of carbonyl (C=O) groups is 2. The zero-order chi connectivity index (χ0) is 12.6. The van der Waals surface area contributed by atoms with Gasteiger partial charge >= 0.3 is 0 Å². The van der Waals surface area contributed by atoms with Crippen molar-refractivity contribution in [1.29, 1.82) is 0 Å². The van der Waals surface area contributed by atoms with E-state index in [2.05, 4.69) is 0 Å². The molecule has 0 aliphatic heterocycles. The Bertz CT molecular complexity index is 485. The Balaban J connectivity index is 2.42. The smallest absolute Gasteiger partial charge is 0.224 e. The van der Waals surface area contributed by atoms with Gasteiger partial charge in [-0.3, -0.25) is 4.79 Å². The van der Waals surface area contributed by atoms with E-state index in [1.807, 2.05) is 0 Å². The molecule has 4 heteroatoms. The molecule has 1 amide bonds. The van der Waals surface area contributed by atoms with Gasteiger partial charge < -0.3 is 10.5 Å². The van der Waals surface area contributed by atoms with Crippen LogP contribution < -0.4 is 5.73 Å². The summed E-state index contributed by atoms with van der Waals surface area (Å²) in [5.74, 6) is -1.71. The molecular formula is C13H14FNO2. The number of carbonyl (C=O) groups excluding carboxylic acids is 2. The third-order valence-electron chi connectivity index (χ3n) is 3.40. The van der Waals surface area contributed by atoms with Crippen LogP contribution in [0.1, 0.15) is 29.5 Å². The number of aldehydes is 1. The van der Waals surface area contributed by atoms with Gasteiger partial charge in [-0.2, -0.15) is 0 Å². The summed E-state index contributed by atoms with van der Waals surface area (Å²) < 4.78 is 14.2. The second-order valence-corrected chi connectivity index (χ2v) is 4.53. The Kier molecular flexibility index (Phi) is 2.96. The van der Waals surface area contributed by atoms with Crippen molar-refractivity contribution in [2.45, 2.75) is 25.7 Å². The van der Waals surface area contributed by atoms with Gasteiger partial charge in [-0.25, -0.2) is 4.39 Å². The Hall–Kier alpha value is -1.71. The van der Waals surface area contributed by atoms with E-state index >= 15 is 0 Å². The number of hydrogen-bond donors (Lipinski definition) is 1. The molecule has 2 N–H and O–H groups in total. The normalized spacial score (nSPS) is 19.8. The van der Waals surface area contributed by atoms with Crippen LogP contribution in [0.2, 0.25) is 0 Å². The number of nitrogens with two attached hydrogens (primary N) is 1. The first kappa shape index (κ1) is 11.8. The summed E-state index contributed by atoms with van der Waals surface area (Å²) in [6.45, 7) is 1.58. The molecule has 2 rings (SSSR count). The minimum atomic E-state index is -0.643. The highest BCUT2D eigenvalue weighted by atomic mass is 19.1. The summed E-state index contributed by atoms with van der Waals surface area (Å²) in [5, 5.41) is 0. The SMILES string of the molecule is CC(C(N)=O)c1ccc2c(c1F)CC(C=O)C2. The van der Waals surface area contributed by atoms with Crippen LogP contribution in [0.3, 0.4) is 0 Å². The lowest BCUT2D eigenvalue weighted by Gasteiger charge is -2.11. The molecule has 0 aromatic heterocycles. The summed E-state index contributed by atoms with van der Waals surface area (Å²) >= 11 is 0. The third-order valence-corrected chi connectivity index (χ3v) is 3.40. The fourth-order valence-corrected chi connectivity index (χ4v) is 2.29. The molecule has 0 radical (unpaired) electrons. The number of primary amides is 1. The molecule has 1 aliphatic rings. The number of halogens is 1. The molecule has 0 saturated heterocycles. The second kappa shape index (κ2) is 4.28. The van der Waals surface area contributed by atoms with Crippen molar-refractivity contribution in [3.63, 3.8) is 0 Å². The zero-order valence-electron chi connectivity index (χ0n) is 9.57. The molecule has 0 spiro atoms. The van der Waals surface area contributed by atoms with E-state index in [0.29, 0.717) is 24.0 Å². The van der Waals surface area contributed by atoms with Crippen LogP contribution >= 0.6 is 0 Å². The average molecular weight is 235 g/mol. The fraction of sp³-hybridized carbons (Fsp3) is 0.385. The van der Waals surface area contributed by atoms with Gasteiger partial charge in [0.15, 0.2) is 0 Å². The summed E-state index contributed by atoms with van der Waals surface area (Å²) in [7, 11) is 0. The van der Waals surface area contributed by atoms with E-state index < -0.39 is 11.8 Å². The van der Waals surface area contributed by atoms with E-state index in [1.165, 1.54) is 0 Å². The van der Waals surface area contributed by atoms with E-state index in [1.54, 1.807) is 19.1 Å². The molecule has 17 heavy (non-hydrogen) atoms. The fourth-order valence-electron chi connectivity index (χ4n) is 2.29. The van der Waals surface area contributed by atoms with Gasteiger partial charge in [0.25, 0.3) is 0 Å². The predicted molar refractivity (Wildman–Crippen MR) is 61.0 cm³/mol. The highest BCUT2D eigenvalue weighted by Crippen LogP contribution is 2.32. The lowest BCUT2D eigenvalue weighted by molar-refractivity contribution is -0.119. The molecule has 1 aromatic rings. The highest BCUT2D eigenvalue weighted by Gasteiger charge is 2.27. The summed E-state index contributed by atoms with van der Waals surface area (Å²) in [6, 6.07) is 3.38. The van der Waals surface area contributed by atoms with Crippen molar-refractivity contribution >= 4 is 12.2 Å². The van der Waals surface area contributed by atoms with Gasteiger partial charge in [-0.15, -0.1) is 0 Å². The number of fused-ring (bicyclic) bond motifs is 1. The molecule has 3 nitrogen and oxygen atoms in total. The first-order chi connectivity index (χ1) is 8.04. The minimum absolute atomic E-state index is 0.140. The molecule has 2 atom stereocenters. The topological polar surface area (TPSA) is 60.2 Å². The molecule has 0 saturated carbocycles. The number of hydrogen-bond acceptors (Lipinski definition) is 2.